The van der Waals surface area contributed by atoms with Crippen LogP contribution in [-0.4, -0.2) is 20.5 Å². The highest BCUT2D eigenvalue weighted by atomic mass is 32.1. The zero-order chi connectivity index (χ0) is 20.3. The summed E-state index contributed by atoms with van der Waals surface area (Å²) in [5.41, 5.74) is 3.06. The number of esters is 1. The van der Waals surface area contributed by atoms with Gasteiger partial charge in [0.15, 0.2) is 0 Å². The molecule has 3 rings (SSSR count). The first kappa shape index (κ1) is 19.6. The fraction of sp³-hybridized carbons (Fsp3) is 0.300. The Hall–Kier alpha value is -3.18. The van der Waals surface area contributed by atoms with Crippen molar-refractivity contribution in [2.24, 2.45) is 0 Å². The van der Waals surface area contributed by atoms with Crippen molar-refractivity contribution in [3.63, 3.8) is 0 Å². The van der Waals surface area contributed by atoms with Crippen LogP contribution in [0.1, 0.15) is 36.1 Å². The van der Waals surface area contributed by atoms with Crippen LogP contribution in [0.25, 0.3) is 16.3 Å². The number of hydrogen-bond acceptors (Lipinski definition) is 6. The summed E-state index contributed by atoms with van der Waals surface area (Å²) in [7, 11) is 0. The van der Waals surface area contributed by atoms with Gasteiger partial charge < -0.3 is 14.3 Å². The van der Waals surface area contributed by atoms with Crippen molar-refractivity contribution in [2.45, 2.75) is 40.3 Å². The minimum Gasteiger partial charge on any atom is -0.453 e. The van der Waals surface area contributed by atoms with Crippen molar-refractivity contribution >= 4 is 33.6 Å². The zero-order valence-electron chi connectivity index (χ0n) is 15.9. The van der Waals surface area contributed by atoms with E-state index in [-0.39, 0.29) is 23.6 Å². The third-order valence-corrected chi connectivity index (χ3v) is 5.31. The Bertz CT molecular complexity index is 1160. The monoisotopic (exact) mass is 396 g/mol. The summed E-state index contributed by atoms with van der Waals surface area (Å²) in [6.45, 7) is 6.71. The maximum absolute atomic E-state index is 12.3. The first-order valence-corrected chi connectivity index (χ1v) is 9.74. The number of nitriles is 1. The molecule has 0 spiro atoms. The summed E-state index contributed by atoms with van der Waals surface area (Å²) < 4.78 is 7.87. The van der Waals surface area contributed by atoms with Gasteiger partial charge in [0.2, 0.25) is 0 Å². The van der Waals surface area contributed by atoms with Gasteiger partial charge in [-0.1, -0.05) is 6.92 Å². The van der Waals surface area contributed by atoms with E-state index in [1.165, 1.54) is 17.4 Å². The molecule has 0 atom stereocenters. The maximum atomic E-state index is 12.3. The van der Waals surface area contributed by atoms with Crippen molar-refractivity contribution in [1.29, 1.82) is 5.26 Å². The Morgan fingerprint density at radius 2 is 2.25 bits per heavy atom. The molecule has 0 fully saturated rings. The number of ether oxygens (including phenoxy) is 1. The highest BCUT2D eigenvalue weighted by Crippen LogP contribution is 2.19. The van der Waals surface area contributed by atoms with Crippen LogP contribution in [0, 0.1) is 25.2 Å². The van der Waals surface area contributed by atoms with Gasteiger partial charge >= 0.3 is 5.97 Å². The molecule has 0 radical (unpaired) electrons. The number of nitrogens with zero attached hydrogens (tertiary/aromatic N) is 3. The maximum Gasteiger partial charge on any atom is 0.349 e. The lowest BCUT2D eigenvalue weighted by molar-refractivity contribution is -0.139. The van der Waals surface area contributed by atoms with Crippen LogP contribution in [0.2, 0.25) is 0 Å². The second-order valence-electron chi connectivity index (χ2n) is 6.37. The largest absolute Gasteiger partial charge is 0.453 e. The highest BCUT2D eigenvalue weighted by Gasteiger charge is 2.15. The predicted molar refractivity (Wildman–Crippen MR) is 108 cm³/mol. The quantitative estimate of drug-likeness (QED) is 0.391. The molecule has 3 aromatic heterocycles. The standard InChI is InChI=1S/C20H20N4O3S/c1-4-6-24-12(2)8-14(13(24)3)9-15(10-21)20(26)27-11-17-22-16-5-7-28-18(16)19(25)23-17/h5,7-9H,4,6,11H2,1-3H3,(H,22,23,25)/b15-9+. The Balaban J connectivity index is 1.78. The molecule has 144 valence electrons. The van der Waals surface area contributed by atoms with E-state index in [4.69, 9.17) is 4.74 Å². The van der Waals surface area contributed by atoms with Crippen molar-refractivity contribution in [2.75, 3.05) is 0 Å². The van der Waals surface area contributed by atoms with E-state index in [1.54, 1.807) is 11.4 Å². The number of rotatable bonds is 6. The zero-order valence-corrected chi connectivity index (χ0v) is 16.7. The van der Waals surface area contributed by atoms with Gasteiger partial charge in [0, 0.05) is 17.9 Å². The molecule has 0 unspecified atom stereocenters. The number of thiophene rings is 1. The number of hydrogen-bond donors (Lipinski definition) is 1. The summed E-state index contributed by atoms with van der Waals surface area (Å²) in [5.74, 6) is -0.515. The first-order valence-electron chi connectivity index (χ1n) is 8.86. The molecule has 0 aromatic carbocycles. The van der Waals surface area contributed by atoms with Crippen LogP contribution in [0.3, 0.4) is 0 Å². The number of aryl methyl sites for hydroxylation is 1. The van der Waals surface area contributed by atoms with Gasteiger partial charge in [-0.2, -0.15) is 5.26 Å². The van der Waals surface area contributed by atoms with E-state index in [0.717, 1.165) is 29.9 Å². The molecule has 1 N–H and O–H groups in total. The van der Waals surface area contributed by atoms with Crippen LogP contribution in [0.15, 0.2) is 27.9 Å². The van der Waals surface area contributed by atoms with Gasteiger partial charge in [-0.3, -0.25) is 4.79 Å². The summed E-state index contributed by atoms with van der Waals surface area (Å²) in [5, 5.41) is 11.2. The van der Waals surface area contributed by atoms with Crippen LogP contribution in [-0.2, 0) is 22.7 Å². The summed E-state index contributed by atoms with van der Waals surface area (Å²) in [6, 6.07) is 5.57. The van der Waals surface area contributed by atoms with Crippen LogP contribution in [0.5, 0.6) is 0 Å². The van der Waals surface area contributed by atoms with Crippen LogP contribution >= 0.6 is 11.3 Å². The molecule has 0 amide bonds. The lowest BCUT2D eigenvalue weighted by Gasteiger charge is -2.07. The van der Waals surface area contributed by atoms with E-state index in [9.17, 15) is 14.9 Å². The Morgan fingerprint density at radius 3 is 2.96 bits per heavy atom. The second-order valence-corrected chi connectivity index (χ2v) is 7.29. The average molecular weight is 396 g/mol. The lowest BCUT2D eigenvalue weighted by Crippen LogP contribution is -2.14. The number of H-pyrrole nitrogens is 1. The van der Waals surface area contributed by atoms with Crippen molar-refractivity contribution < 1.29 is 9.53 Å². The Labute approximate surface area is 165 Å². The van der Waals surface area contributed by atoms with Gasteiger partial charge in [-0.15, -0.1) is 11.3 Å². The van der Waals surface area contributed by atoms with Gasteiger partial charge in [0.25, 0.3) is 5.56 Å². The summed E-state index contributed by atoms with van der Waals surface area (Å²) in [6.07, 6.45) is 2.53. The third-order valence-electron chi connectivity index (χ3n) is 4.40. The topological polar surface area (TPSA) is 101 Å². The van der Waals surface area contributed by atoms with E-state index < -0.39 is 5.97 Å². The van der Waals surface area contributed by atoms with Gasteiger partial charge in [0.05, 0.1) is 5.52 Å². The van der Waals surface area contributed by atoms with Gasteiger partial charge in [0.1, 0.15) is 28.8 Å². The van der Waals surface area contributed by atoms with E-state index in [2.05, 4.69) is 21.5 Å². The Morgan fingerprint density at radius 1 is 1.46 bits per heavy atom. The number of nitrogens with one attached hydrogen (secondary N) is 1. The fourth-order valence-electron chi connectivity index (χ4n) is 3.04. The molecular weight excluding hydrogens is 376 g/mol. The molecule has 3 heterocycles. The third kappa shape index (κ3) is 3.89. The molecular formula is C20H20N4O3S. The minimum absolute atomic E-state index is 0.101. The molecule has 3 aromatic rings. The SMILES string of the molecule is CCCn1c(C)cc(/C=C(\C#N)C(=O)OCc2nc3ccsc3c(=O)[nH]2)c1C. The van der Waals surface area contributed by atoms with Crippen molar-refractivity contribution in [3.8, 4) is 6.07 Å². The molecule has 0 saturated heterocycles. The van der Waals surface area contributed by atoms with Gasteiger partial charge in [-0.25, -0.2) is 9.78 Å². The molecule has 0 aliphatic carbocycles. The first-order chi connectivity index (χ1) is 13.4. The number of aromatic amines is 1. The number of carbonyl (C=O) groups is 1. The highest BCUT2D eigenvalue weighted by molar-refractivity contribution is 7.17. The smallest absolute Gasteiger partial charge is 0.349 e. The van der Waals surface area contributed by atoms with Crippen molar-refractivity contribution in [1.82, 2.24) is 14.5 Å². The van der Waals surface area contributed by atoms with Crippen LogP contribution < -0.4 is 5.56 Å². The number of carbonyl (C=O) groups excluding carboxylic acids is 1. The van der Waals surface area contributed by atoms with E-state index in [0.29, 0.717) is 10.2 Å². The van der Waals surface area contributed by atoms with Crippen LogP contribution in [0.4, 0.5) is 0 Å². The normalized spacial score (nSPS) is 11.6. The van der Waals surface area contributed by atoms with Crippen molar-refractivity contribution in [3.05, 3.63) is 56.2 Å². The predicted octanol–water partition coefficient (Wildman–Crippen LogP) is 3.46. The second kappa shape index (κ2) is 8.23. The summed E-state index contributed by atoms with van der Waals surface area (Å²) in [4.78, 5) is 31.2. The molecule has 0 aliphatic heterocycles. The van der Waals surface area contributed by atoms with E-state index >= 15 is 0 Å². The Kier molecular flexibility index (Phi) is 5.76. The molecule has 28 heavy (non-hydrogen) atoms. The molecule has 8 heteroatoms. The lowest BCUT2D eigenvalue weighted by atomic mass is 10.1. The molecule has 0 saturated carbocycles. The average Bonchev–Trinajstić information content (AvgIpc) is 3.25. The van der Waals surface area contributed by atoms with Gasteiger partial charge in [-0.05, 0) is 49.4 Å². The number of fused-ring (bicyclic) bond motifs is 1. The molecule has 7 nitrogen and oxygen atoms in total. The minimum atomic E-state index is -0.754. The molecule has 0 aliphatic rings. The summed E-state index contributed by atoms with van der Waals surface area (Å²) >= 11 is 1.30. The number of aromatic nitrogens is 3. The molecule has 0 bridgehead atoms. The fourth-order valence-corrected chi connectivity index (χ4v) is 3.76. The van der Waals surface area contributed by atoms with E-state index in [1.807, 2.05) is 26.0 Å².